The van der Waals surface area contributed by atoms with E-state index in [9.17, 15) is 4.79 Å². The molecule has 0 saturated carbocycles. The summed E-state index contributed by atoms with van der Waals surface area (Å²) in [5, 5.41) is 10.4. The van der Waals surface area contributed by atoms with Crippen molar-refractivity contribution >= 4 is 33.2 Å². The third-order valence-electron chi connectivity index (χ3n) is 3.38. The molecule has 6 heteroatoms. The van der Waals surface area contributed by atoms with E-state index in [1.165, 1.54) is 0 Å². The summed E-state index contributed by atoms with van der Waals surface area (Å²) in [7, 11) is 1.86. The van der Waals surface area contributed by atoms with Gasteiger partial charge >= 0.3 is 0 Å². The van der Waals surface area contributed by atoms with E-state index in [-0.39, 0.29) is 11.9 Å². The Kier molecular flexibility index (Phi) is 4.67. The standard InChI is InChI=1S/C15H19BrN4O/c1-9-14(11(3)20(4)19-9)18-15(21)10(2)17-13-7-5-12(16)6-8-13/h5-8,10,17H,1-4H3,(H,18,21)/t10-/m0/s1. The minimum absolute atomic E-state index is 0.0860. The number of anilines is 2. The Bertz CT molecular complexity index is 648. The molecule has 112 valence electrons. The van der Waals surface area contributed by atoms with Crippen molar-refractivity contribution in [1.82, 2.24) is 9.78 Å². The maximum Gasteiger partial charge on any atom is 0.246 e. The third kappa shape index (κ3) is 3.64. The number of aromatic nitrogens is 2. The number of rotatable bonds is 4. The predicted octanol–water partition coefficient (Wildman–Crippen LogP) is 3.24. The number of hydrogen-bond donors (Lipinski definition) is 2. The lowest BCUT2D eigenvalue weighted by Gasteiger charge is -2.15. The topological polar surface area (TPSA) is 59.0 Å². The first-order valence-corrected chi connectivity index (χ1v) is 7.51. The molecule has 0 bridgehead atoms. The van der Waals surface area contributed by atoms with Crippen molar-refractivity contribution in [1.29, 1.82) is 0 Å². The molecule has 2 rings (SSSR count). The maximum atomic E-state index is 12.3. The zero-order valence-electron chi connectivity index (χ0n) is 12.6. The van der Waals surface area contributed by atoms with Gasteiger partial charge in [-0.15, -0.1) is 0 Å². The monoisotopic (exact) mass is 350 g/mol. The van der Waals surface area contributed by atoms with Crippen molar-refractivity contribution < 1.29 is 4.79 Å². The third-order valence-corrected chi connectivity index (χ3v) is 3.91. The van der Waals surface area contributed by atoms with Crippen LogP contribution in [-0.4, -0.2) is 21.7 Å². The zero-order chi connectivity index (χ0) is 15.6. The normalized spacial score (nSPS) is 12.0. The Hall–Kier alpha value is -1.82. The van der Waals surface area contributed by atoms with E-state index in [1.807, 2.05) is 52.1 Å². The molecule has 0 aliphatic heterocycles. The number of carbonyl (C=O) groups excluding carboxylic acids is 1. The first kappa shape index (κ1) is 15.6. The predicted molar refractivity (Wildman–Crippen MR) is 88.5 cm³/mol. The highest BCUT2D eigenvalue weighted by atomic mass is 79.9. The summed E-state index contributed by atoms with van der Waals surface area (Å²) >= 11 is 3.39. The summed E-state index contributed by atoms with van der Waals surface area (Å²) < 4.78 is 2.77. The van der Waals surface area contributed by atoms with Gasteiger partial charge in [0.25, 0.3) is 0 Å². The fourth-order valence-corrected chi connectivity index (χ4v) is 2.31. The largest absolute Gasteiger partial charge is 0.374 e. The molecule has 1 amide bonds. The molecule has 0 radical (unpaired) electrons. The van der Waals surface area contributed by atoms with Crippen LogP contribution >= 0.6 is 15.9 Å². The van der Waals surface area contributed by atoms with Gasteiger partial charge in [-0.05, 0) is 45.0 Å². The Morgan fingerprint density at radius 2 is 1.90 bits per heavy atom. The van der Waals surface area contributed by atoms with Crippen LogP contribution in [0.2, 0.25) is 0 Å². The average Bonchev–Trinajstić information content (AvgIpc) is 2.68. The summed E-state index contributed by atoms with van der Waals surface area (Å²) in [6, 6.07) is 7.37. The highest BCUT2D eigenvalue weighted by Crippen LogP contribution is 2.19. The van der Waals surface area contributed by atoms with Gasteiger partial charge in [0.05, 0.1) is 17.1 Å². The van der Waals surface area contributed by atoms with Gasteiger partial charge in [0.2, 0.25) is 5.91 Å². The van der Waals surface area contributed by atoms with E-state index in [1.54, 1.807) is 4.68 Å². The molecule has 1 atom stereocenters. The van der Waals surface area contributed by atoms with Crippen LogP contribution in [0.5, 0.6) is 0 Å². The SMILES string of the molecule is Cc1nn(C)c(C)c1NC(=O)[C@H](C)Nc1ccc(Br)cc1. The van der Waals surface area contributed by atoms with Gasteiger partial charge in [0.15, 0.2) is 0 Å². The minimum atomic E-state index is -0.342. The molecule has 0 spiro atoms. The van der Waals surface area contributed by atoms with E-state index in [0.29, 0.717) is 0 Å². The highest BCUT2D eigenvalue weighted by Gasteiger charge is 2.17. The summed E-state index contributed by atoms with van der Waals surface area (Å²) in [6.07, 6.45) is 0. The molecule has 2 aromatic rings. The summed E-state index contributed by atoms with van der Waals surface area (Å²) in [5.41, 5.74) is 3.45. The quantitative estimate of drug-likeness (QED) is 0.889. The lowest BCUT2D eigenvalue weighted by Crippen LogP contribution is -2.32. The molecule has 1 heterocycles. The van der Waals surface area contributed by atoms with E-state index < -0.39 is 0 Å². The molecular formula is C15H19BrN4O. The van der Waals surface area contributed by atoms with Gasteiger partial charge in [-0.1, -0.05) is 15.9 Å². The van der Waals surface area contributed by atoms with Crippen LogP contribution in [0.15, 0.2) is 28.7 Å². The Morgan fingerprint density at radius 1 is 1.29 bits per heavy atom. The smallest absolute Gasteiger partial charge is 0.246 e. The number of carbonyl (C=O) groups is 1. The number of hydrogen-bond acceptors (Lipinski definition) is 3. The molecule has 1 aromatic heterocycles. The van der Waals surface area contributed by atoms with Crippen LogP contribution in [0.4, 0.5) is 11.4 Å². The van der Waals surface area contributed by atoms with Crippen LogP contribution in [0.25, 0.3) is 0 Å². The zero-order valence-corrected chi connectivity index (χ0v) is 14.2. The van der Waals surface area contributed by atoms with E-state index >= 15 is 0 Å². The number of benzene rings is 1. The van der Waals surface area contributed by atoms with Crippen LogP contribution in [0.3, 0.4) is 0 Å². The van der Waals surface area contributed by atoms with E-state index in [4.69, 9.17) is 0 Å². The molecule has 0 aliphatic carbocycles. The van der Waals surface area contributed by atoms with E-state index in [0.717, 1.165) is 27.2 Å². The van der Waals surface area contributed by atoms with Gasteiger partial charge in [-0.3, -0.25) is 9.48 Å². The summed E-state index contributed by atoms with van der Waals surface area (Å²) in [5.74, 6) is -0.0860. The Balaban J connectivity index is 2.04. The second kappa shape index (κ2) is 6.30. The van der Waals surface area contributed by atoms with Gasteiger partial charge in [-0.25, -0.2) is 0 Å². The Labute approximate surface area is 132 Å². The molecule has 5 nitrogen and oxygen atoms in total. The number of halogens is 1. The molecule has 2 N–H and O–H groups in total. The Morgan fingerprint density at radius 3 is 2.43 bits per heavy atom. The fourth-order valence-electron chi connectivity index (χ4n) is 2.05. The van der Waals surface area contributed by atoms with Crippen molar-refractivity contribution in [2.75, 3.05) is 10.6 Å². The second-order valence-electron chi connectivity index (χ2n) is 5.03. The molecule has 21 heavy (non-hydrogen) atoms. The van der Waals surface area contributed by atoms with Gasteiger partial charge in [0.1, 0.15) is 6.04 Å². The molecular weight excluding hydrogens is 332 g/mol. The molecule has 0 aliphatic rings. The van der Waals surface area contributed by atoms with Gasteiger partial charge in [0, 0.05) is 17.2 Å². The number of nitrogens with zero attached hydrogens (tertiary/aromatic N) is 2. The van der Waals surface area contributed by atoms with Gasteiger partial charge < -0.3 is 10.6 Å². The van der Waals surface area contributed by atoms with Crippen LogP contribution in [-0.2, 0) is 11.8 Å². The number of nitrogens with one attached hydrogen (secondary N) is 2. The van der Waals surface area contributed by atoms with Gasteiger partial charge in [-0.2, -0.15) is 5.10 Å². The average molecular weight is 351 g/mol. The van der Waals surface area contributed by atoms with Crippen molar-refractivity contribution in [3.8, 4) is 0 Å². The highest BCUT2D eigenvalue weighted by molar-refractivity contribution is 9.10. The minimum Gasteiger partial charge on any atom is -0.374 e. The lowest BCUT2D eigenvalue weighted by atomic mass is 10.2. The summed E-state index contributed by atoms with van der Waals surface area (Å²) in [4.78, 5) is 12.3. The number of amides is 1. The van der Waals surface area contributed by atoms with Crippen molar-refractivity contribution in [2.45, 2.75) is 26.8 Å². The lowest BCUT2D eigenvalue weighted by molar-refractivity contribution is -0.116. The first-order chi connectivity index (χ1) is 9.88. The van der Waals surface area contributed by atoms with E-state index in [2.05, 4.69) is 31.7 Å². The van der Waals surface area contributed by atoms with Crippen LogP contribution in [0.1, 0.15) is 18.3 Å². The van der Waals surface area contributed by atoms with Crippen LogP contribution in [0, 0.1) is 13.8 Å². The molecule has 0 fully saturated rings. The second-order valence-corrected chi connectivity index (χ2v) is 5.95. The molecule has 0 unspecified atom stereocenters. The fraction of sp³-hybridized carbons (Fsp3) is 0.333. The van der Waals surface area contributed by atoms with Crippen LogP contribution < -0.4 is 10.6 Å². The van der Waals surface area contributed by atoms with Crippen molar-refractivity contribution in [2.24, 2.45) is 7.05 Å². The van der Waals surface area contributed by atoms with Crippen molar-refractivity contribution in [3.05, 3.63) is 40.1 Å². The first-order valence-electron chi connectivity index (χ1n) is 6.71. The van der Waals surface area contributed by atoms with Crippen molar-refractivity contribution in [3.63, 3.8) is 0 Å². The molecule has 1 aromatic carbocycles. The number of aryl methyl sites for hydroxylation is 2. The summed E-state index contributed by atoms with van der Waals surface area (Å²) in [6.45, 7) is 5.65. The molecule has 0 saturated heterocycles. The maximum absolute atomic E-state index is 12.3.